The lowest BCUT2D eigenvalue weighted by molar-refractivity contribution is 0.414. The number of rotatable bonds is 7. The van der Waals surface area contributed by atoms with Crippen molar-refractivity contribution in [1.29, 1.82) is 0 Å². The van der Waals surface area contributed by atoms with Crippen LogP contribution >= 0.6 is 0 Å². The van der Waals surface area contributed by atoms with Crippen LogP contribution in [-0.4, -0.2) is 23.4 Å². The topological polar surface area (TPSA) is 39.1 Å². The first kappa shape index (κ1) is 14.6. The number of hydrogen-bond donors (Lipinski definition) is 1. The van der Waals surface area contributed by atoms with E-state index < -0.39 is 0 Å². The lowest BCUT2D eigenvalue weighted by Gasteiger charge is -2.06. The Bertz CT molecular complexity index is 534. The summed E-state index contributed by atoms with van der Waals surface area (Å²) in [6.45, 7) is 7.08. The average Bonchev–Trinajstić information content (AvgIpc) is 2.86. The highest BCUT2D eigenvalue weighted by Gasteiger charge is 2.01. The minimum absolute atomic E-state index is 0.668. The molecule has 2 aromatic rings. The molecule has 0 atom stereocenters. The molecule has 0 fully saturated rings. The number of nitrogens with zero attached hydrogens (tertiary/aromatic N) is 2. The fourth-order valence-corrected chi connectivity index (χ4v) is 2.05. The lowest BCUT2D eigenvalue weighted by Crippen LogP contribution is -2.18. The highest BCUT2D eigenvalue weighted by Crippen LogP contribution is 2.13. The third-order valence-corrected chi connectivity index (χ3v) is 3.05. The molecule has 0 unspecified atom stereocenters. The quantitative estimate of drug-likeness (QED) is 0.843. The standard InChI is InChI=1S/C16H23N3O/c1-13(2)8-17-9-15-10-18-19(12-15)11-14-5-4-6-16(7-14)20-3/h4-7,10,12-13,17H,8-9,11H2,1-3H3. The van der Waals surface area contributed by atoms with E-state index in [0.29, 0.717) is 5.92 Å². The van der Waals surface area contributed by atoms with E-state index in [1.165, 1.54) is 11.1 Å². The fourth-order valence-electron chi connectivity index (χ4n) is 2.05. The highest BCUT2D eigenvalue weighted by atomic mass is 16.5. The van der Waals surface area contributed by atoms with E-state index in [2.05, 4.69) is 36.5 Å². The molecule has 0 spiro atoms. The summed E-state index contributed by atoms with van der Waals surface area (Å²) in [5.41, 5.74) is 2.41. The Morgan fingerprint density at radius 2 is 2.15 bits per heavy atom. The van der Waals surface area contributed by atoms with E-state index in [1.54, 1.807) is 7.11 Å². The predicted molar refractivity (Wildman–Crippen MR) is 80.9 cm³/mol. The van der Waals surface area contributed by atoms with Crippen molar-refractivity contribution in [3.63, 3.8) is 0 Å². The van der Waals surface area contributed by atoms with Gasteiger partial charge in [0.25, 0.3) is 0 Å². The van der Waals surface area contributed by atoms with Gasteiger partial charge in [0, 0.05) is 18.3 Å². The van der Waals surface area contributed by atoms with Crippen LogP contribution in [-0.2, 0) is 13.1 Å². The maximum Gasteiger partial charge on any atom is 0.119 e. The van der Waals surface area contributed by atoms with Gasteiger partial charge in [-0.15, -0.1) is 0 Å². The van der Waals surface area contributed by atoms with E-state index in [4.69, 9.17) is 4.74 Å². The van der Waals surface area contributed by atoms with Crippen LogP contribution in [0, 0.1) is 5.92 Å². The largest absolute Gasteiger partial charge is 0.497 e. The molecule has 108 valence electrons. The molecule has 0 aliphatic carbocycles. The van der Waals surface area contributed by atoms with E-state index in [1.807, 2.05) is 29.1 Å². The van der Waals surface area contributed by atoms with Gasteiger partial charge in [-0.2, -0.15) is 5.10 Å². The first-order chi connectivity index (χ1) is 9.67. The summed E-state index contributed by atoms with van der Waals surface area (Å²) >= 11 is 0. The average molecular weight is 273 g/mol. The third-order valence-electron chi connectivity index (χ3n) is 3.05. The van der Waals surface area contributed by atoms with Crippen molar-refractivity contribution in [2.75, 3.05) is 13.7 Å². The summed E-state index contributed by atoms with van der Waals surface area (Å²) in [5, 5.41) is 7.82. The van der Waals surface area contributed by atoms with E-state index in [-0.39, 0.29) is 0 Å². The van der Waals surface area contributed by atoms with Gasteiger partial charge in [0.2, 0.25) is 0 Å². The van der Waals surface area contributed by atoms with Crippen LogP contribution in [0.4, 0.5) is 0 Å². The number of nitrogens with one attached hydrogen (secondary N) is 1. The van der Waals surface area contributed by atoms with Crippen LogP contribution in [0.15, 0.2) is 36.7 Å². The number of ether oxygens (including phenoxy) is 1. The first-order valence-corrected chi connectivity index (χ1v) is 7.02. The second-order valence-corrected chi connectivity index (χ2v) is 5.42. The monoisotopic (exact) mass is 273 g/mol. The van der Waals surface area contributed by atoms with E-state index in [0.717, 1.165) is 25.4 Å². The minimum Gasteiger partial charge on any atom is -0.497 e. The molecule has 0 aliphatic rings. The Morgan fingerprint density at radius 3 is 2.90 bits per heavy atom. The van der Waals surface area contributed by atoms with Gasteiger partial charge in [-0.1, -0.05) is 26.0 Å². The molecule has 0 aliphatic heterocycles. The Morgan fingerprint density at radius 1 is 1.30 bits per heavy atom. The Labute approximate surface area is 120 Å². The first-order valence-electron chi connectivity index (χ1n) is 7.02. The summed E-state index contributed by atoms with van der Waals surface area (Å²) in [4.78, 5) is 0. The molecule has 1 heterocycles. The van der Waals surface area contributed by atoms with E-state index in [9.17, 15) is 0 Å². The van der Waals surface area contributed by atoms with Crippen molar-refractivity contribution < 1.29 is 4.74 Å². The molecule has 0 saturated carbocycles. The molecule has 4 nitrogen and oxygen atoms in total. The Balaban J connectivity index is 1.91. The summed E-state index contributed by atoms with van der Waals surface area (Å²) in [6.07, 6.45) is 4.01. The number of hydrogen-bond acceptors (Lipinski definition) is 3. The maximum absolute atomic E-state index is 5.23. The van der Waals surface area contributed by atoms with Crippen LogP contribution in [0.5, 0.6) is 5.75 Å². The number of benzene rings is 1. The van der Waals surface area contributed by atoms with Crippen LogP contribution in [0.1, 0.15) is 25.0 Å². The molecule has 0 radical (unpaired) electrons. The van der Waals surface area contributed by atoms with Crippen molar-refractivity contribution in [3.8, 4) is 5.75 Å². The van der Waals surface area contributed by atoms with Gasteiger partial charge < -0.3 is 10.1 Å². The minimum atomic E-state index is 0.668. The van der Waals surface area contributed by atoms with Crippen LogP contribution in [0.2, 0.25) is 0 Å². The lowest BCUT2D eigenvalue weighted by atomic mass is 10.2. The van der Waals surface area contributed by atoms with Gasteiger partial charge in [-0.3, -0.25) is 4.68 Å². The van der Waals surface area contributed by atoms with Crippen LogP contribution in [0.25, 0.3) is 0 Å². The Kier molecular flexibility index (Phi) is 5.18. The van der Waals surface area contributed by atoms with Gasteiger partial charge in [-0.05, 0) is 30.2 Å². The molecule has 1 N–H and O–H groups in total. The van der Waals surface area contributed by atoms with Crippen molar-refractivity contribution in [1.82, 2.24) is 15.1 Å². The van der Waals surface area contributed by atoms with Gasteiger partial charge in [0.1, 0.15) is 5.75 Å². The smallest absolute Gasteiger partial charge is 0.119 e. The van der Waals surface area contributed by atoms with Crippen molar-refractivity contribution in [2.45, 2.75) is 26.9 Å². The molecular weight excluding hydrogens is 250 g/mol. The molecule has 0 saturated heterocycles. The maximum atomic E-state index is 5.23. The summed E-state index contributed by atoms with van der Waals surface area (Å²) in [7, 11) is 1.69. The predicted octanol–water partition coefficient (Wildman–Crippen LogP) is 2.69. The zero-order chi connectivity index (χ0) is 14.4. The molecular formula is C16H23N3O. The summed E-state index contributed by atoms with van der Waals surface area (Å²) in [5.74, 6) is 1.55. The van der Waals surface area contributed by atoms with Gasteiger partial charge >= 0.3 is 0 Å². The van der Waals surface area contributed by atoms with Crippen LogP contribution < -0.4 is 10.1 Å². The second kappa shape index (κ2) is 7.10. The van der Waals surface area contributed by atoms with E-state index >= 15 is 0 Å². The fraction of sp³-hybridized carbons (Fsp3) is 0.438. The summed E-state index contributed by atoms with van der Waals surface area (Å²) in [6, 6.07) is 8.08. The van der Waals surface area contributed by atoms with Gasteiger partial charge in [0.05, 0.1) is 19.9 Å². The molecule has 0 bridgehead atoms. The number of aromatic nitrogens is 2. The SMILES string of the molecule is COc1cccc(Cn2cc(CNCC(C)C)cn2)c1. The molecule has 0 amide bonds. The zero-order valence-corrected chi connectivity index (χ0v) is 12.5. The third kappa shape index (κ3) is 4.38. The summed E-state index contributed by atoms with van der Waals surface area (Å²) < 4.78 is 7.19. The Hall–Kier alpha value is -1.81. The zero-order valence-electron chi connectivity index (χ0n) is 12.5. The van der Waals surface area contributed by atoms with Gasteiger partial charge in [0.15, 0.2) is 0 Å². The normalized spacial score (nSPS) is 11.0. The highest BCUT2D eigenvalue weighted by molar-refractivity contribution is 5.28. The van der Waals surface area contributed by atoms with Crippen LogP contribution in [0.3, 0.4) is 0 Å². The number of methoxy groups -OCH3 is 1. The van der Waals surface area contributed by atoms with Crippen molar-refractivity contribution in [3.05, 3.63) is 47.8 Å². The second-order valence-electron chi connectivity index (χ2n) is 5.42. The van der Waals surface area contributed by atoms with Gasteiger partial charge in [-0.25, -0.2) is 0 Å². The van der Waals surface area contributed by atoms with Crippen molar-refractivity contribution >= 4 is 0 Å². The molecule has 20 heavy (non-hydrogen) atoms. The molecule has 2 rings (SSSR count). The van der Waals surface area contributed by atoms with Crippen molar-refractivity contribution in [2.24, 2.45) is 5.92 Å². The molecule has 1 aromatic carbocycles. The molecule has 1 aromatic heterocycles. The molecule has 4 heteroatoms.